The highest BCUT2D eigenvalue weighted by Gasteiger charge is 2.09. The first kappa shape index (κ1) is 21.0. The molecule has 0 aliphatic carbocycles. The zero-order valence-corrected chi connectivity index (χ0v) is 17.1. The molecule has 1 aromatic heterocycles. The maximum absolute atomic E-state index is 12.3. The summed E-state index contributed by atoms with van der Waals surface area (Å²) in [6.45, 7) is 2.94. The van der Waals surface area contributed by atoms with Gasteiger partial charge in [-0.2, -0.15) is 0 Å². The van der Waals surface area contributed by atoms with Gasteiger partial charge in [-0.1, -0.05) is 31.9 Å². The summed E-state index contributed by atoms with van der Waals surface area (Å²) in [7, 11) is 3.95. The molecular weight excluding hydrogens is 356 g/mol. The summed E-state index contributed by atoms with van der Waals surface area (Å²) in [6.07, 6.45) is 6.34. The molecule has 0 saturated carbocycles. The lowest BCUT2D eigenvalue weighted by Crippen LogP contribution is -2.34. The minimum atomic E-state index is -0.271. The number of thiocarbonyl (C=S) groups is 1. The van der Waals surface area contributed by atoms with Gasteiger partial charge in [0.1, 0.15) is 0 Å². The first-order valence-corrected chi connectivity index (χ1v) is 9.69. The largest absolute Gasteiger partial charge is 0.332 e. The van der Waals surface area contributed by atoms with Gasteiger partial charge in [-0.05, 0) is 69.0 Å². The van der Waals surface area contributed by atoms with Crippen LogP contribution in [0.1, 0.15) is 47.8 Å². The number of hydrogen-bond acceptors (Lipinski definition) is 4. The molecule has 6 heteroatoms. The Hall–Kier alpha value is -2.31. The van der Waals surface area contributed by atoms with Gasteiger partial charge in [0.15, 0.2) is 5.11 Å². The molecule has 5 nitrogen and oxygen atoms in total. The average molecular weight is 385 g/mol. The number of amides is 1. The maximum atomic E-state index is 12.3. The fourth-order valence-corrected chi connectivity index (χ4v) is 2.86. The van der Waals surface area contributed by atoms with Crippen molar-refractivity contribution in [3.05, 3.63) is 59.4 Å². The summed E-state index contributed by atoms with van der Waals surface area (Å²) in [4.78, 5) is 18.6. The summed E-state index contributed by atoms with van der Waals surface area (Å²) in [5, 5.41) is 6.01. The van der Waals surface area contributed by atoms with Crippen LogP contribution in [-0.4, -0.2) is 35.0 Å². The molecule has 0 saturated heterocycles. The quantitative estimate of drug-likeness (QED) is 0.532. The summed E-state index contributed by atoms with van der Waals surface area (Å²) >= 11 is 5.24. The van der Waals surface area contributed by atoms with Crippen molar-refractivity contribution >= 4 is 28.9 Å². The van der Waals surface area contributed by atoms with Crippen LogP contribution >= 0.6 is 12.2 Å². The van der Waals surface area contributed by atoms with Gasteiger partial charge in [0, 0.05) is 18.4 Å². The van der Waals surface area contributed by atoms with Crippen molar-refractivity contribution in [2.24, 2.45) is 0 Å². The molecule has 1 aromatic carbocycles. The van der Waals surface area contributed by atoms with Crippen molar-refractivity contribution in [3.8, 4) is 0 Å². The second-order valence-corrected chi connectivity index (χ2v) is 7.25. The third-order valence-electron chi connectivity index (χ3n) is 4.07. The molecule has 27 heavy (non-hydrogen) atoms. The highest BCUT2D eigenvalue weighted by atomic mass is 32.1. The van der Waals surface area contributed by atoms with Crippen LogP contribution in [-0.2, 0) is 13.0 Å². The first-order chi connectivity index (χ1) is 13.0. The van der Waals surface area contributed by atoms with Crippen molar-refractivity contribution in [2.45, 2.75) is 39.2 Å². The number of nitrogens with one attached hydrogen (secondary N) is 2. The van der Waals surface area contributed by atoms with E-state index < -0.39 is 0 Å². The van der Waals surface area contributed by atoms with E-state index in [0.29, 0.717) is 5.56 Å². The Morgan fingerprint density at radius 3 is 2.44 bits per heavy atom. The van der Waals surface area contributed by atoms with Crippen molar-refractivity contribution in [3.63, 3.8) is 0 Å². The molecule has 1 heterocycles. The van der Waals surface area contributed by atoms with Crippen molar-refractivity contribution in [1.29, 1.82) is 0 Å². The molecule has 0 radical (unpaired) electrons. The fourth-order valence-electron chi connectivity index (χ4n) is 2.65. The van der Waals surface area contributed by atoms with Crippen LogP contribution in [0, 0.1) is 0 Å². The highest BCUT2D eigenvalue weighted by Crippen LogP contribution is 2.12. The van der Waals surface area contributed by atoms with Gasteiger partial charge in [-0.15, -0.1) is 0 Å². The number of anilines is 1. The van der Waals surface area contributed by atoms with Gasteiger partial charge in [-0.25, -0.2) is 0 Å². The second kappa shape index (κ2) is 10.7. The Bertz CT molecular complexity index is 742. The van der Waals surface area contributed by atoms with E-state index in [1.165, 1.54) is 24.8 Å². The van der Waals surface area contributed by atoms with Gasteiger partial charge in [-0.3, -0.25) is 15.1 Å². The van der Waals surface area contributed by atoms with E-state index in [2.05, 4.69) is 34.7 Å². The van der Waals surface area contributed by atoms with Crippen LogP contribution in [0.2, 0.25) is 0 Å². The molecule has 0 aliphatic rings. The van der Waals surface area contributed by atoms with E-state index >= 15 is 0 Å². The van der Waals surface area contributed by atoms with Gasteiger partial charge >= 0.3 is 0 Å². The molecule has 0 unspecified atom stereocenters. The summed E-state index contributed by atoms with van der Waals surface area (Å²) in [5.74, 6) is -0.271. The summed E-state index contributed by atoms with van der Waals surface area (Å²) in [6, 6.07) is 11.8. The van der Waals surface area contributed by atoms with Crippen LogP contribution in [0.5, 0.6) is 0 Å². The number of nitrogens with zero attached hydrogens (tertiary/aromatic N) is 2. The van der Waals surface area contributed by atoms with Gasteiger partial charge < -0.3 is 10.2 Å². The highest BCUT2D eigenvalue weighted by molar-refractivity contribution is 7.80. The van der Waals surface area contributed by atoms with E-state index in [-0.39, 0.29) is 11.0 Å². The second-order valence-electron chi connectivity index (χ2n) is 6.84. The molecule has 0 atom stereocenters. The number of rotatable bonds is 8. The van der Waals surface area contributed by atoms with Gasteiger partial charge in [0.2, 0.25) is 0 Å². The van der Waals surface area contributed by atoms with E-state index in [9.17, 15) is 4.79 Å². The Kier molecular flexibility index (Phi) is 8.36. The van der Waals surface area contributed by atoms with Crippen LogP contribution in [0.3, 0.4) is 0 Å². The topological polar surface area (TPSA) is 57.3 Å². The van der Waals surface area contributed by atoms with Crippen LogP contribution < -0.4 is 10.6 Å². The number of benzene rings is 1. The lowest BCUT2D eigenvalue weighted by molar-refractivity contribution is 0.0977. The Balaban J connectivity index is 1.84. The predicted octanol–water partition coefficient (Wildman–Crippen LogP) is 4.00. The normalized spacial score (nSPS) is 10.7. The van der Waals surface area contributed by atoms with Crippen LogP contribution in [0.25, 0.3) is 0 Å². The number of unbranched alkanes of at least 4 members (excludes halogenated alkanes) is 2. The zero-order chi connectivity index (χ0) is 19.6. The molecule has 2 rings (SSSR count). The van der Waals surface area contributed by atoms with Crippen LogP contribution in [0.15, 0.2) is 42.6 Å². The Morgan fingerprint density at radius 1 is 1.11 bits per heavy atom. The number of pyridine rings is 1. The molecule has 0 fully saturated rings. The van der Waals surface area contributed by atoms with Crippen molar-refractivity contribution in [2.75, 3.05) is 19.4 Å². The number of aromatic nitrogens is 1. The van der Waals surface area contributed by atoms with E-state index in [1.54, 1.807) is 12.3 Å². The molecule has 1 amide bonds. The molecule has 144 valence electrons. The third-order valence-corrected chi connectivity index (χ3v) is 4.28. The first-order valence-electron chi connectivity index (χ1n) is 9.29. The number of hydrogen-bond donors (Lipinski definition) is 2. The summed E-state index contributed by atoms with van der Waals surface area (Å²) < 4.78 is 0. The molecule has 2 N–H and O–H groups in total. The lowest BCUT2D eigenvalue weighted by Gasteiger charge is -2.11. The van der Waals surface area contributed by atoms with Crippen molar-refractivity contribution < 1.29 is 4.79 Å². The smallest absolute Gasteiger partial charge is 0.258 e. The lowest BCUT2D eigenvalue weighted by atomic mass is 10.1. The molecule has 0 aliphatic heterocycles. The molecule has 2 aromatic rings. The van der Waals surface area contributed by atoms with E-state index in [1.807, 2.05) is 37.2 Å². The third kappa shape index (κ3) is 7.45. The number of aryl methyl sites for hydroxylation is 1. The molecule has 0 bridgehead atoms. The summed E-state index contributed by atoms with van der Waals surface area (Å²) in [5.41, 5.74) is 3.57. The Labute approximate surface area is 167 Å². The predicted molar refractivity (Wildman–Crippen MR) is 115 cm³/mol. The standard InChI is InChI=1S/C21H28N4OS/c1-4-5-6-7-16-8-11-18(12-9-16)23-21(27)24-20(26)17-10-13-19(22-14-17)15-25(2)3/h8-14H,4-7,15H2,1-3H3,(H2,23,24,26,27). The number of carbonyl (C=O) groups excluding carboxylic acids is 1. The van der Waals surface area contributed by atoms with E-state index in [4.69, 9.17) is 12.2 Å². The molecular formula is C21H28N4OS. The van der Waals surface area contributed by atoms with Crippen LogP contribution in [0.4, 0.5) is 5.69 Å². The van der Waals surface area contributed by atoms with E-state index in [0.717, 1.165) is 24.3 Å². The SMILES string of the molecule is CCCCCc1ccc(NC(=S)NC(=O)c2ccc(CN(C)C)nc2)cc1. The Morgan fingerprint density at radius 2 is 1.85 bits per heavy atom. The fraction of sp³-hybridized carbons (Fsp3) is 0.381. The average Bonchev–Trinajstić information content (AvgIpc) is 2.63. The minimum absolute atomic E-state index is 0.271. The van der Waals surface area contributed by atoms with Crippen molar-refractivity contribution in [1.82, 2.24) is 15.2 Å². The monoisotopic (exact) mass is 384 g/mol. The minimum Gasteiger partial charge on any atom is -0.332 e. The van der Waals surface area contributed by atoms with Gasteiger partial charge in [0.25, 0.3) is 5.91 Å². The maximum Gasteiger partial charge on any atom is 0.258 e. The number of carbonyl (C=O) groups is 1. The molecule has 0 spiro atoms. The zero-order valence-electron chi connectivity index (χ0n) is 16.3. The van der Waals surface area contributed by atoms with Gasteiger partial charge in [0.05, 0.1) is 11.3 Å².